The van der Waals surface area contributed by atoms with Crippen molar-refractivity contribution >= 4 is 15.7 Å². The van der Waals surface area contributed by atoms with E-state index in [1.54, 1.807) is 0 Å². The smallest absolute Gasteiger partial charge is 0.288 e. The predicted molar refractivity (Wildman–Crippen MR) is 26.2 cm³/mol. The van der Waals surface area contributed by atoms with Gasteiger partial charge in [0.05, 0.1) is 0 Å². The summed E-state index contributed by atoms with van der Waals surface area (Å²) in [6.45, 7) is 3.35. The van der Waals surface area contributed by atoms with E-state index < -0.39 is 9.76 Å². The SMILES string of the molecule is C[SiH2]OC(C)=O. The van der Waals surface area contributed by atoms with Crippen molar-refractivity contribution in [1.29, 1.82) is 0 Å². The highest BCUT2D eigenvalue weighted by Gasteiger charge is 1.81. The van der Waals surface area contributed by atoms with Crippen molar-refractivity contribution in [2.75, 3.05) is 0 Å². The Bertz CT molecular complexity index is 52.8. The molecular weight excluding hydrogens is 96.1 g/mol. The largest absolute Gasteiger partial charge is 0.525 e. The van der Waals surface area contributed by atoms with Crippen molar-refractivity contribution in [1.82, 2.24) is 0 Å². The van der Waals surface area contributed by atoms with E-state index in [0.29, 0.717) is 0 Å². The molecule has 0 saturated carbocycles. The molecule has 0 aliphatic rings. The van der Waals surface area contributed by atoms with Crippen LogP contribution in [0.25, 0.3) is 0 Å². The maximum Gasteiger partial charge on any atom is 0.288 e. The number of hydrogen-bond donors (Lipinski definition) is 0. The molecule has 3 heteroatoms. The van der Waals surface area contributed by atoms with Gasteiger partial charge in [-0.05, 0) is 6.55 Å². The maximum atomic E-state index is 9.86. The second-order valence-electron chi connectivity index (χ2n) is 0.925. The molecule has 36 valence electrons. The van der Waals surface area contributed by atoms with Gasteiger partial charge in [0.15, 0.2) is 0 Å². The molecule has 0 atom stereocenters. The van der Waals surface area contributed by atoms with E-state index in [1.165, 1.54) is 6.92 Å². The van der Waals surface area contributed by atoms with Crippen LogP contribution in [0.3, 0.4) is 0 Å². The van der Waals surface area contributed by atoms with Gasteiger partial charge in [0.1, 0.15) is 0 Å². The third kappa shape index (κ3) is 3.69. The molecule has 6 heavy (non-hydrogen) atoms. The van der Waals surface area contributed by atoms with Crippen LogP contribution in [0.4, 0.5) is 0 Å². The third-order valence-corrected chi connectivity index (χ3v) is 1.04. The van der Waals surface area contributed by atoms with Crippen molar-refractivity contribution in [3.05, 3.63) is 0 Å². The highest BCUT2D eigenvalue weighted by molar-refractivity contribution is 6.28. The molecule has 0 saturated heterocycles. The van der Waals surface area contributed by atoms with Crippen LogP contribution < -0.4 is 0 Å². The van der Waals surface area contributed by atoms with Crippen molar-refractivity contribution in [3.8, 4) is 0 Å². The van der Waals surface area contributed by atoms with E-state index in [1.807, 2.05) is 6.55 Å². The highest BCUT2D eigenvalue weighted by atomic mass is 28.2. The van der Waals surface area contributed by atoms with Gasteiger partial charge in [0.25, 0.3) is 5.97 Å². The molecule has 2 nitrogen and oxygen atoms in total. The van der Waals surface area contributed by atoms with Gasteiger partial charge in [0.2, 0.25) is 9.76 Å². The lowest BCUT2D eigenvalue weighted by atomic mass is 10.9. The summed E-state index contributed by atoms with van der Waals surface area (Å²) in [5.41, 5.74) is 0. The lowest BCUT2D eigenvalue weighted by Crippen LogP contribution is -1.98. The summed E-state index contributed by atoms with van der Waals surface area (Å²) in [5.74, 6) is -0.149. The Hall–Kier alpha value is -0.313. The molecule has 0 N–H and O–H groups in total. The van der Waals surface area contributed by atoms with Crippen LogP contribution in [-0.4, -0.2) is 15.7 Å². The normalized spacial score (nSPS) is 9.67. The highest BCUT2D eigenvalue weighted by Crippen LogP contribution is 1.67. The molecule has 0 aromatic carbocycles. The average molecular weight is 104 g/mol. The number of rotatable bonds is 1. The molecule has 0 fully saturated rings. The zero-order valence-corrected chi connectivity index (χ0v) is 5.44. The Morgan fingerprint density at radius 1 is 1.83 bits per heavy atom. The van der Waals surface area contributed by atoms with Gasteiger partial charge in [-0.1, -0.05) is 0 Å². The van der Waals surface area contributed by atoms with Crippen LogP contribution in [0, 0.1) is 0 Å². The van der Waals surface area contributed by atoms with Crippen LogP contribution in [-0.2, 0) is 9.22 Å². The average Bonchev–Trinajstić information content (AvgIpc) is 1.35. The molecule has 0 rings (SSSR count). The fourth-order valence-corrected chi connectivity index (χ4v) is 0.610. The predicted octanol–water partition coefficient (Wildman–Crippen LogP) is -0.319. The lowest BCUT2D eigenvalue weighted by molar-refractivity contribution is -0.131. The number of carbonyl (C=O) groups is 1. The lowest BCUT2D eigenvalue weighted by Gasteiger charge is -1.89. The van der Waals surface area contributed by atoms with Gasteiger partial charge in [0, 0.05) is 6.92 Å². The van der Waals surface area contributed by atoms with E-state index in [4.69, 9.17) is 0 Å². The Morgan fingerprint density at radius 3 is 2.33 bits per heavy atom. The number of carbonyl (C=O) groups excluding carboxylic acids is 1. The minimum atomic E-state index is -0.483. The third-order valence-electron chi connectivity index (χ3n) is 0.348. The monoisotopic (exact) mass is 104 g/mol. The summed E-state index contributed by atoms with van der Waals surface area (Å²) in [5, 5.41) is 0. The minimum absolute atomic E-state index is 0.149. The Kier molecular flexibility index (Phi) is 2.75. The first-order valence-corrected chi connectivity index (χ1v) is 3.90. The van der Waals surface area contributed by atoms with Gasteiger partial charge in [-0.15, -0.1) is 0 Å². The van der Waals surface area contributed by atoms with Crippen molar-refractivity contribution in [2.45, 2.75) is 13.5 Å². The Balaban J connectivity index is 2.83. The van der Waals surface area contributed by atoms with Gasteiger partial charge in [-0.25, -0.2) is 0 Å². The molecule has 0 amide bonds. The van der Waals surface area contributed by atoms with Crippen LogP contribution in [0.2, 0.25) is 6.55 Å². The topological polar surface area (TPSA) is 26.3 Å². The molecular formula is C3H8O2Si. The van der Waals surface area contributed by atoms with E-state index in [2.05, 4.69) is 4.43 Å². The molecule has 0 unspecified atom stereocenters. The molecule has 0 spiro atoms. The maximum absolute atomic E-state index is 9.86. The molecule has 0 aromatic rings. The van der Waals surface area contributed by atoms with Gasteiger partial charge >= 0.3 is 0 Å². The quantitative estimate of drug-likeness (QED) is 0.426. The minimum Gasteiger partial charge on any atom is -0.525 e. The molecule has 0 heterocycles. The molecule has 0 bridgehead atoms. The van der Waals surface area contributed by atoms with Crippen LogP contribution >= 0.6 is 0 Å². The second-order valence-corrected chi connectivity index (χ2v) is 1.79. The van der Waals surface area contributed by atoms with E-state index in [9.17, 15) is 4.79 Å². The zero-order valence-electron chi connectivity index (χ0n) is 4.02. The van der Waals surface area contributed by atoms with E-state index >= 15 is 0 Å². The summed E-state index contributed by atoms with van der Waals surface area (Å²) < 4.78 is 4.54. The fraction of sp³-hybridized carbons (Fsp3) is 0.667. The van der Waals surface area contributed by atoms with Gasteiger partial charge < -0.3 is 4.43 Å². The van der Waals surface area contributed by atoms with Crippen molar-refractivity contribution in [3.63, 3.8) is 0 Å². The first-order valence-electron chi connectivity index (χ1n) is 1.90. The van der Waals surface area contributed by atoms with Gasteiger partial charge in [-0.3, -0.25) is 4.79 Å². The van der Waals surface area contributed by atoms with Crippen LogP contribution in [0.1, 0.15) is 6.92 Å². The molecule has 0 aliphatic heterocycles. The first-order chi connectivity index (χ1) is 2.77. The number of hydrogen-bond acceptors (Lipinski definition) is 2. The molecule has 0 aliphatic carbocycles. The second kappa shape index (κ2) is 2.90. The van der Waals surface area contributed by atoms with E-state index in [0.717, 1.165) is 0 Å². The summed E-state index contributed by atoms with van der Waals surface area (Å²) in [7, 11) is -0.483. The Morgan fingerprint density at radius 2 is 2.33 bits per heavy atom. The van der Waals surface area contributed by atoms with Crippen LogP contribution in [0.15, 0.2) is 0 Å². The zero-order chi connectivity index (χ0) is 4.99. The van der Waals surface area contributed by atoms with Crippen molar-refractivity contribution < 1.29 is 9.22 Å². The van der Waals surface area contributed by atoms with Crippen LogP contribution in [0.5, 0.6) is 0 Å². The molecule has 0 radical (unpaired) electrons. The Labute approximate surface area is 39.4 Å². The summed E-state index contributed by atoms with van der Waals surface area (Å²) in [4.78, 5) is 9.86. The van der Waals surface area contributed by atoms with E-state index in [-0.39, 0.29) is 5.97 Å². The summed E-state index contributed by atoms with van der Waals surface area (Å²) in [6, 6.07) is 0. The molecule has 0 aromatic heterocycles. The summed E-state index contributed by atoms with van der Waals surface area (Å²) >= 11 is 0. The van der Waals surface area contributed by atoms with Gasteiger partial charge in [-0.2, -0.15) is 0 Å². The first kappa shape index (κ1) is 5.69. The fourth-order valence-electron chi connectivity index (χ4n) is 0.203. The standard InChI is InChI=1S/C3H8O2Si/c1-3(4)5-6-2/h6H2,1-2H3. The summed E-state index contributed by atoms with van der Waals surface area (Å²) in [6.07, 6.45) is 0. The van der Waals surface area contributed by atoms with Crippen molar-refractivity contribution in [2.24, 2.45) is 0 Å².